The number of benzene rings is 1. The predicted molar refractivity (Wildman–Crippen MR) is 91.7 cm³/mol. The summed E-state index contributed by atoms with van der Waals surface area (Å²) < 4.78 is 0. The number of carbonyl (C=O) groups is 2. The van der Waals surface area contributed by atoms with Crippen LogP contribution in [-0.4, -0.2) is 37.5 Å². The van der Waals surface area contributed by atoms with E-state index in [-0.39, 0.29) is 17.9 Å². The van der Waals surface area contributed by atoms with Crippen LogP contribution in [0.25, 0.3) is 0 Å². The summed E-state index contributed by atoms with van der Waals surface area (Å²) in [6, 6.07) is 6.01. The van der Waals surface area contributed by atoms with Gasteiger partial charge < -0.3 is 21.7 Å². The van der Waals surface area contributed by atoms with Crippen molar-refractivity contribution in [2.24, 2.45) is 5.73 Å². The van der Waals surface area contributed by atoms with Crippen molar-refractivity contribution >= 4 is 17.5 Å². The molecule has 0 saturated heterocycles. The van der Waals surface area contributed by atoms with Crippen LogP contribution in [0.5, 0.6) is 0 Å². The number of carbonyl (C=O) groups excluding carboxylic acids is 2. The van der Waals surface area contributed by atoms with Gasteiger partial charge in [-0.2, -0.15) is 0 Å². The van der Waals surface area contributed by atoms with E-state index in [0.717, 1.165) is 0 Å². The average Bonchev–Trinajstić information content (AvgIpc) is 2.57. The molecule has 0 fully saturated rings. The Labute approximate surface area is 137 Å². The van der Waals surface area contributed by atoms with Gasteiger partial charge in [0.15, 0.2) is 0 Å². The van der Waals surface area contributed by atoms with Crippen molar-refractivity contribution in [1.29, 1.82) is 0 Å². The molecule has 0 aromatic heterocycles. The van der Waals surface area contributed by atoms with E-state index in [0.29, 0.717) is 30.6 Å². The molecule has 0 heterocycles. The first kappa shape index (κ1) is 18.7. The maximum absolute atomic E-state index is 12.5. The topological polar surface area (TPSA) is 96.2 Å². The molecule has 2 atom stereocenters. The van der Waals surface area contributed by atoms with Crippen molar-refractivity contribution in [2.75, 3.05) is 18.9 Å². The highest BCUT2D eigenvalue weighted by molar-refractivity contribution is 5.98. The number of nitrogens with one attached hydrogen (secondary N) is 3. The first-order chi connectivity index (χ1) is 11.0. The fraction of sp³-hybridized carbons (Fsp3) is 0.412. The first-order valence-electron chi connectivity index (χ1n) is 7.57. The Balaban J connectivity index is 2.83. The van der Waals surface area contributed by atoms with Crippen molar-refractivity contribution < 1.29 is 9.59 Å². The van der Waals surface area contributed by atoms with Gasteiger partial charge >= 0.3 is 0 Å². The van der Waals surface area contributed by atoms with E-state index < -0.39 is 6.04 Å². The third-order valence-corrected chi connectivity index (χ3v) is 3.50. The number of hydrogen-bond donors (Lipinski definition) is 4. The highest BCUT2D eigenvalue weighted by atomic mass is 16.2. The molecule has 0 aliphatic rings. The summed E-state index contributed by atoms with van der Waals surface area (Å²) >= 11 is 0. The number of rotatable bonds is 8. The zero-order chi connectivity index (χ0) is 17.2. The molecule has 1 aromatic carbocycles. The molecular formula is C17H24N4O2. The molecule has 5 N–H and O–H groups in total. The number of nitrogens with two attached hydrogens (primary N) is 1. The molecule has 1 aromatic rings. The number of hydrogen-bond acceptors (Lipinski definition) is 4. The standard InChI is InChI=1S/C17H24N4O2/c1-4-13-8-5-6-9-14(13)20-17(23)15(10-7-11-18)21-16(22)12(2)19-3/h1,5-6,8-9,12,15,19H,7,10-11,18H2,2-3H3,(H,20,23)(H,21,22). The van der Waals surface area contributed by atoms with E-state index in [2.05, 4.69) is 21.9 Å². The van der Waals surface area contributed by atoms with Crippen LogP contribution in [0.2, 0.25) is 0 Å². The third-order valence-electron chi connectivity index (χ3n) is 3.50. The van der Waals surface area contributed by atoms with E-state index in [9.17, 15) is 9.59 Å². The molecule has 0 radical (unpaired) electrons. The fourth-order valence-corrected chi connectivity index (χ4v) is 1.96. The van der Waals surface area contributed by atoms with Crippen molar-refractivity contribution in [2.45, 2.75) is 31.8 Å². The Kier molecular flexibility index (Phi) is 7.81. The van der Waals surface area contributed by atoms with E-state index in [1.165, 1.54) is 0 Å². The Hall–Kier alpha value is -2.36. The molecule has 23 heavy (non-hydrogen) atoms. The number of terminal acetylenes is 1. The Bertz CT molecular complexity index is 580. The summed E-state index contributed by atoms with van der Waals surface area (Å²) in [5.74, 6) is 1.97. The summed E-state index contributed by atoms with van der Waals surface area (Å²) in [5, 5.41) is 8.35. The van der Waals surface area contributed by atoms with Crippen LogP contribution in [-0.2, 0) is 9.59 Å². The maximum Gasteiger partial charge on any atom is 0.246 e. The van der Waals surface area contributed by atoms with Crippen LogP contribution in [0.1, 0.15) is 25.3 Å². The van der Waals surface area contributed by atoms with E-state index >= 15 is 0 Å². The Morgan fingerprint density at radius 1 is 1.30 bits per heavy atom. The van der Waals surface area contributed by atoms with Gasteiger partial charge in [0.2, 0.25) is 11.8 Å². The van der Waals surface area contributed by atoms with Gasteiger partial charge in [-0.15, -0.1) is 6.42 Å². The van der Waals surface area contributed by atoms with Crippen LogP contribution in [0.3, 0.4) is 0 Å². The minimum absolute atomic E-state index is 0.241. The smallest absolute Gasteiger partial charge is 0.246 e. The van der Waals surface area contributed by atoms with Crippen molar-refractivity contribution in [3.05, 3.63) is 29.8 Å². The molecule has 124 valence electrons. The predicted octanol–water partition coefficient (Wildman–Crippen LogP) is 0.438. The average molecular weight is 316 g/mol. The zero-order valence-electron chi connectivity index (χ0n) is 13.6. The quantitative estimate of drug-likeness (QED) is 0.523. The summed E-state index contributed by atoms with van der Waals surface area (Å²) in [5.41, 5.74) is 6.65. The van der Waals surface area contributed by atoms with Crippen LogP contribution in [0.4, 0.5) is 5.69 Å². The van der Waals surface area contributed by atoms with E-state index in [1.807, 2.05) is 0 Å². The molecule has 0 saturated carbocycles. The molecule has 0 spiro atoms. The lowest BCUT2D eigenvalue weighted by Gasteiger charge is -2.20. The number of amides is 2. The molecule has 0 aliphatic carbocycles. The van der Waals surface area contributed by atoms with Gasteiger partial charge in [-0.1, -0.05) is 18.1 Å². The van der Waals surface area contributed by atoms with Crippen LogP contribution in [0, 0.1) is 12.3 Å². The third kappa shape index (κ3) is 5.74. The normalized spacial score (nSPS) is 12.8. The Morgan fingerprint density at radius 3 is 2.61 bits per heavy atom. The van der Waals surface area contributed by atoms with Gasteiger partial charge in [0.25, 0.3) is 0 Å². The SMILES string of the molecule is C#Cc1ccccc1NC(=O)C(CCCN)NC(=O)C(C)NC. The second-order valence-corrected chi connectivity index (χ2v) is 5.18. The van der Waals surface area contributed by atoms with E-state index in [1.54, 1.807) is 38.2 Å². The van der Waals surface area contributed by atoms with Gasteiger partial charge in [-0.05, 0) is 45.5 Å². The summed E-state index contributed by atoms with van der Waals surface area (Å²) in [7, 11) is 1.68. The molecular weight excluding hydrogens is 292 g/mol. The molecule has 6 heteroatoms. The summed E-state index contributed by atoms with van der Waals surface area (Å²) in [6.07, 6.45) is 6.51. The molecule has 0 bridgehead atoms. The first-order valence-corrected chi connectivity index (χ1v) is 7.57. The number of anilines is 1. The highest BCUT2D eigenvalue weighted by Gasteiger charge is 2.23. The van der Waals surface area contributed by atoms with Gasteiger partial charge in [0.05, 0.1) is 11.7 Å². The minimum atomic E-state index is -0.660. The lowest BCUT2D eigenvalue weighted by Crippen LogP contribution is -2.50. The monoisotopic (exact) mass is 316 g/mol. The molecule has 6 nitrogen and oxygen atoms in total. The van der Waals surface area contributed by atoms with Crippen molar-refractivity contribution in [1.82, 2.24) is 10.6 Å². The van der Waals surface area contributed by atoms with Crippen molar-refractivity contribution in [3.8, 4) is 12.3 Å². The lowest BCUT2D eigenvalue weighted by atomic mass is 10.1. The van der Waals surface area contributed by atoms with Gasteiger partial charge in [-0.25, -0.2) is 0 Å². The molecule has 2 amide bonds. The van der Waals surface area contributed by atoms with Crippen LogP contribution >= 0.6 is 0 Å². The summed E-state index contributed by atoms with van der Waals surface area (Å²) in [6.45, 7) is 2.17. The van der Waals surface area contributed by atoms with Crippen LogP contribution < -0.4 is 21.7 Å². The number of para-hydroxylation sites is 1. The van der Waals surface area contributed by atoms with E-state index in [4.69, 9.17) is 12.2 Å². The lowest BCUT2D eigenvalue weighted by molar-refractivity contribution is -0.127. The largest absolute Gasteiger partial charge is 0.343 e. The molecule has 0 aliphatic heterocycles. The minimum Gasteiger partial charge on any atom is -0.343 e. The van der Waals surface area contributed by atoms with Gasteiger partial charge in [0, 0.05) is 5.56 Å². The highest BCUT2D eigenvalue weighted by Crippen LogP contribution is 2.14. The van der Waals surface area contributed by atoms with Crippen molar-refractivity contribution in [3.63, 3.8) is 0 Å². The second-order valence-electron chi connectivity index (χ2n) is 5.18. The summed E-state index contributed by atoms with van der Waals surface area (Å²) in [4.78, 5) is 24.5. The molecule has 2 unspecified atom stereocenters. The fourth-order valence-electron chi connectivity index (χ4n) is 1.96. The molecule has 1 rings (SSSR count). The van der Waals surface area contributed by atoms with Crippen LogP contribution in [0.15, 0.2) is 24.3 Å². The second kappa shape index (κ2) is 9.62. The maximum atomic E-state index is 12.5. The number of likely N-dealkylation sites (N-methyl/N-ethyl adjacent to an activating group) is 1. The van der Waals surface area contributed by atoms with Gasteiger partial charge in [-0.3, -0.25) is 9.59 Å². The van der Waals surface area contributed by atoms with Gasteiger partial charge in [0.1, 0.15) is 6.04 Å². The zero-order valence-corrected chi connectivity index (χ0v) is 13.6. The Morgan fingerprint density at radius 2 is 2.00 bits per heavy atom.